The highest BCUT2D eigenvalue weighted by Crippen LogP contribution is 2.27. The van der Waals surface area contributed by atoms with Crippen molar-refractivity contribution in [3.8, 4) is 17.1 Å². The molecule has 1 N–H and O–H groups in total. The van der Waals surface area contributed by atoms with Crippen LogP contribution in [0.4, 0.5) is 0 Å². The summed E-state index contributed by atoms with van der Waals surface area (Å²) in [5, 5.41) is 9.30. The first-order chi connectivity index (χ1) is 7.18. The highest BCUT2D eigenvalue weighted by molar-refractivity contribution is 6.00. The van der Waals surface area contributed by atoms with Crippen LogP contribution in [0.1, 0.15) is 17.3 Å². The van der Waals surface area contributed by atoms with Crippen molar-refractivity contribution in [3.63, 3.8) is 0 Å². The molecule has 0 aliphatic rings. The van der Waals surface area contributed by atoms with Crippen LogP contribution in [-0.4, -0.2) is 10.9 Å². The van der Waals surface area contributed by atoms with Crippen LogP contribution >= 0.6 is 0 Å². The first-order valence-corrected chi connectivity index (χ1v) is 4.56. The van der Waals surface area contributed by atoms with Crippen LogP contribution in [-0.2, 0) is 0 Å². The van der Waals surface area contributed by atoms with Gasteiger partial charge in [0.15, 0.2) is 5.78 Å². The van der Waals surface area contributed by atoms with E-state index in [1.807, 2.05) is 0 Å². The fourth-order valence-corrected chi connectivity index (χ4v) is 1.47. The molecule has 1 heterocycles. The molecule has 1 aromatic carbocycles. The maximum atomic E-state index is 11.4. The van der Waals surface area contributed by atoms with Gasteiger partial charge in [0, 0.05) is 11.1 Å². The Kier molecular flexibility index (Phi) is 2.29. The second kappa shape index (κ2) is 3.61. The Morgan fingerprint density at radius 3 is 2.73 bits per heavy atom. The zero-order valence-electron chi connectivity index (χ0n) is 8.23. The fraction of sp³-hybridized carbons (Fsp3) is 0.0833. The number of aromatic hydroxyl groups is 1. The molecule has 0 spiro atoms. The van der Waals surface area contributed by atoms with Gasteiger partial charge in [-0.15, -0.1) is 0 Å². The molecule has 0 saturated carbocycles. The smallest absolute Gasteiger partial charge is 0.160 e. The molecule has 0 radical (unpaired) electrons. The standard InChI is InChI=1S/C12H10O3/c1-8(13)11-7-9(14)4-5-10(11)12-3-2-6-15-12/h2-7,14H,1H3. The minimum absolute atomic E-state index is 0.0792. The average molecular weight is 202 g/mol. The van der Waals surface area contributed by atoms with Crippen molar-refractivity contribution in [2.75, 3.05) is 0 Å². The lowest BCUT2D eigenvalue weighted by atomic mass is 10.0. The lowest BCUT2D eigenvalue weighted by Crippen LogP contribution is -1.95. The van der Waals surface area contributed by atoms with Crippen LogP contribution in [0.15, 0.2) is 41.0 Å². The minimum Gasteiger partial charge on any atom is -0.508 e. The Hall–Kier alpha value is -2.03. The quantitative estimate of drug-likeness (QED) is 0.762. The first kappa shape index (κ1) is 9.52. The molecule has 0 aliphatic heterocycles. The van der Waals surface area contributed by atoms with Crippen molar-refractivity contribution in [3.05, 3.63) is 42.2 Å². The van der Waals surface area contributed by atoms with Gasteiger partial charge in [-0.2, -0.15) is 0 Å². The van der Waals surface area contributed by atoms with Gasteiger partial charge in [0.2, 0.25) is 0 Å². The summed E-state index contributed by atoms with van der Waals surface area (Å²) < 4.78 is 5.22. The molecule has 0 fully saturated rings. The largest absolute Gasteiger partial charge is 0.508 e. The average Bonchev–Trinajstić information content (AvgIpc) is 2.70. The molecule has 0 aliphatic carbocycles. The minimum atomic E-state index is -0.0997. The van der Waals surface area contributed by atoms with Crippen LogP contribution in [0, 0.1) is 0 Å². The van der Waals surface area contributed by atoms with Gasteiger partial charge < -0.3 is 9.52 Å². The molecule has 0 bridgehead atoms. The van der Waals surface area contributed by atoms with Gasteiger partial charge in [-0.25, -0.2) is 0 Å². The van der Waals surface area contributed by atoms with E-state index < -0.39 is 0 Å². The molecule has 1 aromatic heterocycles. The van der Waals surface area contributed by atoms with Crippen LogP contribution in [0.5, 0.6) is 5.75 Å². The number of Topliss-reactive ketones (excluding diaryl/α,β-unsaturated/α-hetero) is 1. The fourth-order valence-electron chi connectivity index (χ4n) is 1.47. The third-order valence-corrected chi connectivity index (χ3v) is 2.17. The Bertz CT molecular complexity index is 484. The maximum absolute atomic E-state index is 11.4. The molecule has 0 atom stereocenters. The number of ketones is 1. The van der Waals surface area contributed by atoms with E-state index in [9.17, 15) is 9.90 Å². The molecule has 76 valence electrons. The lowest BCUT2D eigenvalue weighted by molar-refractivity contribution is 0.101. The Morgan fingerprint density at radius 1 is 1.33 bits per heavy atom. The van der Waals surface area contributed by atoms with Gasteiger partial charge in [-0.1, -0.05) is 0 Å². The predicted molar refractivity (Wildman–Crippen MR) is 55.8 cm³/mol. The summed E-state index contributed by atoms with van der Waals surface area (Å²) in [6, 6.07) is 8.18. The van der Waals surface area contributed by atoms with Gasteiger partial charge in [-0.05, 0) is 37.3 Å². The van der Waals surface area contributed by atoms with Gasteiger partial charge in [0.25, 0.3) is 0 Å². The van der Waals surface area contributed by atoms with Gasteiger partial charge in [0.05, 0.1) is 6.26 Å². The van der Waals surface area contributed by atoms with Gasteiger partial charge in [-0.3, -0.25) is 4.79 Å². The second-order valence-corrected chi connectivity index (χ2v) is 3.26. The summed E-state index contributed by atoms with van der Waals surface area (Å²) in [6.45, 7) is 1.46. The Morgan fingerprint density at radius 2 is 2.13 bits per heavy atom. The predicted octanol–water partition coefficient (Wildman–Crippen LogP) is 2.85. The number of phenols is 1. The molecule has 3 heteroatoms. The number of hydrogen-bond donors (Lipinski definition) is 1. The SMILES string of the molecule is CC(=O)c1cc(O)ccc1-c1ccco1. The van der Waals surface area contributed by atoms with Crippen LogP contribution < -0.4 is 0 Å². The number of rotatable bonds is 2. The highest BCUT2D eigenvalue weighted by Gasteiger charge is 2.11. The third kappa shape index (κ3) is 1.76. The third-order valence-electron chi connectivity index (χ3n) is 2.17. The molecule has 2 rings (SSSR count). The number of benzene rings is 1. The van der Waals surface area contributed by atoms with Crippen molar-refractivity contribution in [2.24, 2.45) is 0 Å². The number of hydrogen-bond acceptors (Lipinski definition) is 3. The van der Waals surface area contributed by atoms with Crippen molar-refractivity contribution in [1.29, 1.82) is 0 Å². The Labute approximate surface area is 87.0 Å². The number of phenolic OH excluding ortho intramolecular Hbond substituents is 1. The first-order valence-electron chi connectivity index (χ1n) is 4.56. The normalized spacial score (nSPS) is 10.2. The summed E-state index contributed by atoms with van der Waals surface area (Å²) >= 11 is 0. The van der Waals surface area contributed by atoms with E-state index in [1.165, 1.54) is 19.1 Å². The monoisotopic (exact) mass is 202 g/mol. The molecule has 2 aromatic rings. The highest BCUT2D eigenvalue weighted by atomic mass is 16.3. The summed E-state index contributed by atoms with van der Waals surface area (Å²) in [5.74, 6) is 0.605. The van der Waals surface area contributed by atoms with Gasteiger partial charge >= 0.3 is 0 Å². The zero-order valence-corrected chi connectivity index (χ0v) is 8.23. The van der Waals surface area contributed by atoms with E-state index in [2.05, 4.69) is 0 Å². The Balaban J connectivity index is 2.61. The van der Waals surface area contributed by atoms with Gasteiger partial charge in [0.1, 0.15) is 11.5 Å². The van der Waals surface area contributed by atoms with E-state index in [0.717, 1.165) is 0 Å². The molecular weight excluding hydrogens is 192 g/mol. The maximum Gasteiger partial charge on any atom is 0.160 e. The van der Waals surface area contributed by atoms with Crippen LogP contribution in [0.3, 0.4) is 0 Å². The summed E-state index contributed by atoms with van der Waals surface area (Å²) in [4.78, 5) is 11.4. The van der Waals surface area contributed by atoms with Crippen molar-refractivity contribution >= 4 is 5.78 Å². The number of carbonyl (C=O) groups is 1. The summed E-state index contributed by atoms with van der Waals surface area (Å²) in [7, 11) is 0. The van der Waals surface area contributed by atoms with Crippen LogP contribution in [0.25, 0.3) is 11.3 Å². The summed E-state index contributed by atoms with van der Waals surface area (Å²) in [6.07, 6.45) is 1.55. The lowest BCUT2D eigenvalue weighted by Gasteiger charge is -2.04. The summed E-state index contributed by atoms with van der Waals surface area (Å²) in [5.41, 5.74) is 1.16. The molecular formula is C12H10O3. The zero-order chi connectivity index (χ0) is 10.8. The van der Waals surface area contributed by atoms with Crippen molar-refractivity contribution < 1.29 is 14.3 Å². The van der Waals surface area contributed by atoms with E-state index in [0.29, 0.717) is 16.9 Å². The topological polar surface area (TPSA) is 50.4 Å². The van der Waals surface area contributed by atoms with E-state index in [4.69, 9.17) is 4.42 Å². The molecule has 15 heavy (non-hydrogen) atoms. The van der Waals surface area contributed by atoms with Crippen molar-refractivity contribution in [2.45, 2.75) is 6.92 Å². The van der Waals surface area contributed by atoms with E-state index >= 15 is 0 Å². The van der Waals surface area contributed by atoms with Crippen LogP contribution in [0.2, 0.25) is 0 Å². The second-order valence-electron chi connectivity index (χ2n) is 3.26. The van der Waals surface area contributed by atoms with E-state index in [1.54, 1.807) is 24.5 Å². The van der Waals surface area contributed by atoms with E-state index in [-0.39, 0.29) is 11.5 Å². The molecule has 0 unspecified atom stereocenters. The molecule has 0 saturated heterocycles. The van der Waals surface area contributed by atoms with Crippen molar-refractivity contribution in [1.82, 2.24) is 0 Å². The number of furan rings is 1. The number of carbonyl (C=O) groups excluding carboxylic acids is 1. The molecule has 3 nitrogen and oxygen atoms in total. The molecule has 0 amide bonds.